The minimum Gasteiger partial charge on any atom is -0.394 e. The van der Waals surface area contributed by atoms with Gasteiger partial charge in [-0.25, -0.2) is 4.39 Å². The lowest BCUT2D eigenvalue weighted by atomic mass is 9.91. The molecule has 0 bridgehead atoms. The Morgan fingerprint density at radius 1 is 0.884 bits per heavy atom. The number of hydrogen-bond acceptors (Lipinski definition) is 8. The first kappa shape index (κ1) is 35.8. The Balaban J connectivity index is 1.40. The third kappa shape index (κ3) is 12.0. The average Bonchev–Trinajstić information content (AvgIpc) is 2.98. The van der Waals surface area contributed by atoms with Gasteiger partial charge < -0.3 is 40.0 Å². The molecule has 1 aromatic carbocycles. The van der Waals surface area contributed by atoms with E-state index in [0.29, 0.717) is 12.0 Å². The fourth-order valence-electron chi connectivity index (χ4n) is 5.84. The van der Waals surface area contributed by atoms with Crippen LogP contribution in [-0.4, -0.2) is 88.5 Å². The van der Waals surface area contributed by atoms with Gasteiger partial charge in [0.2, 0.25) is 5.91 Å². The van der Waals surface area contributed by atoms with E-state index in [1.165, 1.54) is 76.3 Å². The van der Waals surface area contributed by atoms with Crippen molar-refractivity contribution in [2.45, 2.75) is 152 Å². The van der Waals surface area contributed by atoms with Crippen molar-refractivity contribution >= 4 is 5.91 Å². The quantitative estimate of drug-likeness (QED) is 0.125. The number of hydrogen-bond donors (Lipinski definition) is 5. The monoisotopic (exact) mass is 611 g/mol. The molecule has 43 heavy (non-hydrogen) atoms. The van der Waals surface area contributed by atoms with Crippen molar-refractivity contribution < 1.29 is 43.8 Å². The Bertz CT molecular complexity index is 903. The number of carbonyl (C=O) groups excluding carboxylic acids is 1. The third-order valence-corrected chi connectivity index (χ3v) is 8.59. The van der Waals surface area contributed by atoms with Gasteiger partial charge in [-0.3, -0.25) is 4.79 Å². The van der Waals surface area contributed by atoms with E-state index in [1.54, 1.807) is 12.1 Å². The van der Waals surface area contributed by atoms with Gasteiger partial charge in [-0.1, -0.05) is 103 Å². The summed E-state index contributed by atoms with van der Waals surface area (Å²) < 4.78 is 30.3. The minimum atomic E-state index is -1.27. The van der Waals surface area contributed by atoms with Crippen molar-refractivity contribution in [1.29, 1.82) is 0 Å². The van der Waals surface area contributed by atoms with Gasteiger partial charge >= 0.3 is 0 Å². The molecular formula is C33H54FNO8. The normalized spacial score (nSPS) is 26.4. The summed E-state index contributed by atoms with van der Waals surface area (Å²) in [5, 5.41) is 43.6. The maximum absolute atomic E-state index is 13.3. The lowest BCUT2D eigenvalue weighted by molar-refractivity contribution is -0.394. The zero-order valence-electron chi connectivity index (χ0n) is 25.7. The topological polar surface area (TPSA) is 138 Å². The Morgan fingerprint density at radius 2 is 1.47 bits per heavy atom. The molecule has 10 heteroatoms. The molecule has 3 rings (SSSR count). The van der Waals surface area contributed by atoms with E-state index in [4.69, 9.17) is 14.2 Å². The first-order valence-corrected chi connectivity index (χ1v) is 16.5. The van der Waals surface area contributed by atoms with Crippen LogP contribution in [0, 0.1) is 5.82 Å². The van der Waals surface area contributed by atoms with Gasteiger partial charge in [0, 0.05) is 0 Å². The zero-order chi connectivity index (χ0) is 31.0. The highest BCUT2D eigenvalue weighted by Gasteiger charge is 2.56. The second kappa shape index (κ2) is 19.7. The summed E-state index contributed by atoms with van der Waals surface area (Å²) in [6.45, 7) is 1.72. The smallest absolute Gasteiger partial charge is 0.224 e. The second-order valence-electron chi connectivity index (χ2n) is 12.2. The summed E-state index contributed by atoms with van der Waals surface area (Å²) in [6, 6.07) is 4.97. The summed E-state index contributed by atoms with van der Waals surface area (Å²) in [6.07, 6.45) is 9.82. The fraction of sp³-hybridized carbons (Fsp3) is 0.788. The van der Waals surface area contributed by atoms with Crippen LogP contribution in [0.25, 0.3) is 0 Å². The summed E-state index contributed by atoms with van der Waals surface area (Å²) >= 11 is 0. The highest BCUT2D eigenvalue weighted by atomic mass is 19.1. The summed E-state index contributed by atoms with van der Waals surface area (Å²) in [5.41, 5.74) is 0.646. The molecule has 6 unspecified atom stereocenters. The lowest BCUT2D eigenvalue weighted by Crippen LogP contribution is -2.70. The van der Waals surface area contributed by atoms with Gasteiger partial charge in [0.25, 0.3) is 0 Å². The Hall–Kier alpha value is -1.66. The molecule has 5 N–H and O–H groups in total. The maximum Gasteiger partial charge on any atom is 0.224 e. The summed E-state index contributed by atoms with van der Waals surface area (Å²) in [5.74, 6) is -0.710. The number of aliphatic hydroxyl groups excluding tert-OH is 4. The number of carbonyl (C=O) groups is 1. The SMILES string of the molecule is CCCCCCCCCCCCCCC[C@@H](O)[C@H](COC1OC2C(O)C(O)C(CO)OC12)NC(=O)Cc1ccc(F)cc1. The van der Waals surface area contributed by atoms with Crippen LogP contribution in [0.1, 0.15) is 102 Å². The van der Waals surface area contributed by atoms with Crippen LogP contribution in [0.15, 0.2) is 24.3 Å². The number of unbranched alkanes of at least 4 members (excludes halogenated alkanes) is 12. The maximum atomic E-state index is 13.3. The molecule has 9 nitrogen and oxygen atoms in total. The van der Waals surface area contributed by atoms with E-state index in [-0.39, 0.29) is 24.8 Å². The predicted molar refractivity (Wildman–Crippen MR) is 161 cm³/mol. The van der Waals surface area contributed by atoms with E-state index >= 15 is 0 Å². The number of rotatable bonds is 22. The highest BCUT2D eigenvalue weighted by molar-refractivity contribution is 5.78. The van der Waals surface area contributed by atoms with Crippen LogP contribution in [-0.2, 0) is 25.4 Å². The Morgan fingerprint density at radius 3 is 2.05 bits per heavy atom. The molecule has 0 aliphatic carbocycles. The number of halogens is 1. The molecule has 0 spiro atoms. The molecule has 2 saturated heterocycles. The van der Waals surface area contributed by atoms with Crippen LogP contribution in [0.3, 0.4) is 0 Å². The number of nitrogens with one attached hydrogen (secondary N) is 1. The van der Waals surface area contributed by atoms with Crippen LogP contribution < -0.4 is 5.32 Å². The molecule has 0 saturated carbocycles. The molecule has 1 amide bonds. The number of fused-ring (bicyclic) bond motifs is 1. The third-order valence-electron chi connectivity index (χ3n) is 8.59. The van der Waals surface area contributed by atoms with Gasteiger partial charge in [0.15, 0.2) is 6.29 Å². The van der Waals surface area contributed by atoms with Gasteiger partial charge in [-0.15, -0.1) is 0 Å². The molecule has 2 heterocycles. The average molecular weight is 612 g/mol. The summed E-state index contributed by atoms with van der Waals surface area (Å²) in [4.78, 5) is 12.8. The largest absolute Gasteiger partial charge is 0.394 e. The molecule has 246 valence electrons. The van der Waals surface area contributed by atoms with E-state index in [1.807, 2.05) is 0 Å². The van der Waals surface area contributed by atoms with Crippen LogP contribution >= 0.6 is 0 Å². The standard InChI is InChI=1S/C33H54FNO8/c1-2-3-4-5-6-7-8-9-10-11-12-13-14-15-26(37)25(35-28(38)20-23-16-18-24(34)19-17-23)22-41-33-32-31(43-33)30(40)29(39)27(21-36)42-32/h16-19,25-27,29-33,36-37,39-40H,2-15,20-22H2,1H3,(H,35,38)/t25-,26+,27?,29?,30?,31?,32?,33?/m0/s1. The lowest BCUT2D eigenvalue weighted by Gasteiger charge is -2.52. The van der Waals surface area contributed by atoms with Gasteiger partial charge in [-0.05, 0) is 24.1 Å². The fourth-order valence-corrected chi connectivity index (χ4v) is 5.84. The number of amides is 1. The minimum absolute atomic E-state index is 0.0260. The zero-order valence-corrected chi connectivity index (χ0v) is 25.7. The molecule has 1 aromatic rings. The Labute approximate surface area is 256 Å². The van der Waals surface area contributed by atoms with E-state index in [0.717, 1.165) is 19.3 Å². The van der Waals surface area contributed by atoms with E-state index < -0.39 is 55.6 Å². The molecule has 0 radical (unpaired) electrons. The predicted octanol–water partition coefficient (Wildman–Crippen LogP) is 3.92. The van der Waals surface area contributed by atoms with Crippen molar-refractivity contribution in [3.8, 4) is 0 Å². The first-order chi connectivity index (χ1) is 20.8. The van der Waals surface area contributed by atoms with Crippen LogP contribution in [0.4, 0.5) is 4.39 Å². The van der Waals surface area contributed by atoms with Crippen molar-refractivity contribution in [3.63, 3.8) is 0 Å². The molecule has 2 aliphatic rings. The van der Waals surface area contributed by atoms with Gasteiger partial charge in [0.05, 0.1) is 31.8 Å². The number of benzene rings is 1. The van der Waals surface area contributed by atoms with Gasteiger partial charge in [-0.2, -0.15) is 0 Å². The molecule has 0 aromatic heterocycles. The molecule has 2 fully saturated rings. The first-order valence-electron chi connectivity index (χ1n) is 16.5. The Kier molecular flexibility index (Phi) is 16.4. The second-order valence-corrected chi connectivity index (χ2v) is 12.2. The van der Waals surface area contributed by atoms with Crippen molar-refractivity contribution in [1.82, 2.24) is 5.32 Å². The van der Waals surface area contributed by atoms with Crippen molar-refractivity contribution in [2.75, 3.05) is 13.2 Å². The van der Waals surface area contributed by atoms with Crippen LogP contribution in [0.2, 0.25) is 0 Å². The van der Waals surface area contributed by atoms with E-state index in [2.05, 4.69) is 12.2 Å². The molecule has 2 aliphatic heterocycles. The highest BCUT2D eigenvalue weighted by Crippen LogP contribution is 2.35. The number of aliphatic hydroxyl groups is 4. The summed E-state index contributed by atoms with van der Waals surface area (Å²) in [7, 11) is 0. The van der Waals surface area contributed by atoms with Crippen molar-refractivity contribution in [3.05, 3.63) is 35.6 Å². The number of ether oxygens (including phenoxy) is 3. The molecule has 8 atom stereocenters. The van der Waals surface area contributed by atoms with Crippen molar-refractivity contribution in [2.24, 2.45) is 0 Å². The van der Waals surface area contributed by atoms with Gasteiger partial charge in [0.1, 0.15) is 36.3 Å². The van der Waals surface area contributed by atoms with Crippen LogP contribution in [0.5, 0.6) is 0 Å². The molecular weight excluding hydrogens is 557 g/mol. The van der Waals surface area contributed by atoms with E-state index in [9.17, 15) is 29.6 Å².